The van der Waals surface area contributed by atoms with E-state index in [9.17, 15) is 4.79 Å². The lowest BCUT2D eigenvalue weighted by molar-refractivity contribution is -0.118. The maximum Gasteiger partial charge on any atom is 0.219 e. The first-order chi connectivity index (χ1) is 6.99. The highest BCUT2D eigenvalue weighted by atomic mass is 35.5. The highest BCUT2D eigenvalue weighted by Gasteiger charge is 2.06. The Morgan fingerprint density at radius 2 is 2.27 bits per heavy atom. The summed E-state index contributed by atoms with van der Waals surface area (Å²) in [7, 11) is 0. The molecule has 0 saturated heterocycles. The number of nitrogens with one attached hydrogen (secondary N) is 1. The molecule has 1 amide bonds. The van der Waals surface area contributed by atoms with Gasteiger partial charge in [-0.3, -0.25) is 4.79 Å². The molecule has 0 spiro atoms. The Morgan fingerprint density at radius 1 is 1.60 bits per heavy atom. The lowest BCUT2D eigenvalue weighted by atomic mass is 10.2. The molecule has 1 unspecified atom stereocenters. The lowest BCUT2D eigenvalue weighted by Gasteiger charge is -2.14. The first kappa shape index (κ1) is 11.9. The third kappa shape index (κ3) is 3.80. The molecular formula is C11H15ClN2O. The third-order valence-electron chi connectivity index (χ3n) is 2.09. The Balaban J connectivity index is 2.64. The second kappa shape index (κ2) is 5.03. The molecule has 82 valence electrons. The smallest absolute Gasteiger partial charge is 0.219 e. The van der Waals surface area contributed by atoms with Crippen LogP contribution in [0.15, 0.2) is 18.2 Å². The molecule has 4 heteroatoms. The molecule has 1 aromatic carbocycles. The fourth-order valence-corrected chi connectivity index (χ4v) is 1.50. The predicted molar refractivity (Wildman–Crippen MR) is 63.1 cm³/mol. The number of halogens is 1. The van der Waals surface area contributed by atoms with Crippen molar-refractivity contribution in [1.29, 1.82) is 0 Å². The van der Waals surface area contributed by atoms with Gasteiger partial charge in [-0.05, 0) is 31.5 Å². The van der Waals surface area contributed by atoms with Crippen LogP contribution in [0.25, 0.3) is 0 Å². The molecule has 0 saturated carbocycles. The number of amides is 1. The summed E-state index contributed by atoms with van der Waals surface area (Å²) < 4.78 is 0. The van der Waals surface area contributed by atoms with Crippen LogP contribution in [0.4, 0.5) is 5.69 Å². The molecule has 0 aromatic heterocycles. The van der Waals surface area contributed by atoms with Crippen LogP contribution in [0.2, 0.25) is 5.02 Å². The number of anilines is 1. The molecule has 3 N–H and O–H groups in total. The maximum atomic E-state index is 10.7. The van der Waals surface area contributed by atoms with Crippen LogP contribution >= 0.6 is 11.6 Å². The molecule has 0 aliphatic heterocycles. The van der Waals surface area contributed by atoms with Crippen molar-refractivity contribution in [2.24, 2.45) is 5.73 Å². The second-order valence-corrected chi connectivity index (χ2v) is 4.09. The molecule has 0 aliphatic carbocycles. The Hall–Kier alpha value is -1.22. The standard InChI is InChI=1S/C11H15ClN2O/c1-7-3-4-9(6-10(7)12)14-8(2)5-11(13)15/h3-4,6,8,14H,5H2,1-2H3,(H2,13,15). The first-order valence-corrected chi connectivity index (χ1v) is 5.18. The van der Waals surface area contributed by atoms with Gasteiger partial charge in [0, 0.05) is 23.2 Å². The Kier molecular flexibility index (Phi) is 3.97. The van der Waals surface area contributed by atoms with E-state index in [0.29, 0.717) is 11.4 Å². The minimum Gasteiger partial charge on any atom is -0.382 e. The second-order valence-electron chi connectivity index (χ2n) is 3.68. The number of carbonyl (C=O) groups excluding carboxylic acids is 1. The Morgan fingerprint density at radius 3 is 2.80 bits per heavy atom. The quantitative estimate of drug-likeness (QED) is 0.828. The number of carbonyl (C=O) groups is 1. The number of aryl methyl sites for hydroxylation is 1. The van der Waals surface area contributed by atoms with Crippen LogP contribution in [-0.2, 0) is 4.79 Å². The van der Waals surface area contributed by atoms with Crippen LogP contribution in [0.3, 0.4) is 0 Å². The van der Waals surface area contributed by atoms with Crippen molar-refractivity contribution in [3.63, 3.8) is 0 Å². The molecule has 1 rings (SSSR count). The zero-order chi connectivity index (χ0) is 11.4. The van der Waals surface area contributed by atoms with Crippen LogP contribution in [0, 0.1) is 6.92 Å². The largest absolute Gasteiger partial charge is 0.382 e. The van der Waals surface area contributed by atoms with E-state index in [2.05, 4.69) is 5.32 Å². The summed E-state index contributed by atoms with van der Waals surface area (Å²) in [5, 5.41) is 3.87. The van der Waals surface area contributed by atoms with Crippen molar-refractivity contribution in [2.45, 2.75) is 26.3 Å². The summed E-state index contributed by atoms with van der Waals surface area (Å²) in [6.07, 6.45) is 0.311. The van der Waals surface area contributed by atoms with Crippen LogP contribution in [0.5, 0.6) is 0 Å². The van der Waals surface area contributed by atoms with Gasteiger partial charge in [-0.25, -0.2) is 0 Å². The predicted octanol–water partition coefficient (Wildman–Crippen LogP) is 2.32. The number of hydrogen-bond acceptors (Lipinski definition) is 2. The summed E-state index contributed by atoms with van der Waals surface area (Å²) in [5.74, 6) is -0.312. The van der Waals surface area contributed by atoms with Gasteiger partial charge in [-0.2, -0.15) is 0 Å². The zero-order valence-corrected chi connectivity index (χ0v) is 9.64. The van der Waals surface area contributed by atoms with E-state index in [4.69, 9.17) is 17.3 Å². The van der Waals surface area contributed by atoms with Crippen molar-refractivity contribution < 1.29 is 4.79 Å². The van der Waals surface area contributed by atoms with Crippen molar-refractivity contribution in [3.8, 4) is 0 Å². The summed E-state index contributed by atoms with van der Waals surface area (Å²) >= 11 is 5.97. The molecule has 1 atom stereocenters. The fourth-order valence-electron chi connectivity index (χ4n) is 1.32. The van der Waals surface area contributed by atoms with Gasteiger partial charge in [0.2, 0.25) is 5.91 Å². The number of primary amides is 1. The molecule has 0 fully saturated rings. The van der Waals surface area contributed by atoms with E-state index >= 15 is 0 Å². The maximum absolute atomic E-state index is 10.7. The summed E-state index contributed by atoms with van der Waals surface area (Å²) in [4.78, 5) is 10.7. The van der Waals surface area contributed by atoms with E-state index in [1.807, 2.05) is 32.0 Å². The first-order valence-electron chi connectivity index (χ1n) is 4.80. The normalized spacial score (nSPS) is 12.2. The van der Waals surface area contributed by atoms with Gasteiger partial charge < -0.3 is 11.1 Å². The molecule has 0 bridgehead atoms. The molecule has 0 heterocycles. The third-order valence-corrected chi connectivity index (χ3v) is 2.50. The Labute approximate surface area is 94.6 Å². The molecule has 0 aliphatic rings. The van der Waals surface area contributed by atoms with Crippen molar-refractivity contribution in [3.05, 3.63) is 28.8 Å². The van der Waals surface area contributed by atoms with Gasteiger partial charge >= 0.3 is 0 Å². The fraction of sp³-hybridized carbons (Fsp3) is 0.364. The molecule has 1 aromatic rings. The molecule has 0 radical (unpaired) electrons. The number of benzene rings is 1. The van der Waals surface area contributed by atoms with E-state index in [1.54, 1.807) is 0 Å². The number of nitrogens with two attached hydrogens (primary N) is 1. The van der Waals surface area contributed by atoms with E-state index < -0.39 is 0 Å². The van der Waals surface area contributed by atoms with Gasteiger partial charge in [-0.15, -0.1) is 0 Å². The van der Waals surface area contributed by atoms with Crippen molar-refractivity contribution >= 4 is 23.2 Å². The van der Waals surface area contributed by atoms with Gasteiger partial charge in [-0.1, -0.05) is 17.7 Å². The van der Waals surface area contributed by atoms with Gasteiger partial charge in [0.1, 0.15) is 0 Å². The summed E-state index contributed by atoms with van der Waals surface area (Å²) in [6, 6.07) is 5.72. The lowest BCUT2D eigenvalue weighted by Crippen LogP contribution is -2.23. The average molecular weight is 227 g/mol. The number of rotatable bonds is 4. The van der Waals surface area contributed by atoms with E-state index in [1.165, 1.54) is 0 Å². The van der Waals surface area contributed by atoms with Crippen molar-refractivity contribution in [1.82, 2.24) is 0 Å². The highest BCUT2D eigenvalue weighted by Crippen LogP contribution is 2.20. The highest BCUT2D eigenvalue weighted by molar-refractivity contribution is 6.31. The van der Waals surface area contributed by atoms with E-state index in [-0.39, 0.29) is 11.9 Å². The monoisotopic (exact) mass is 226 g/mol. The van der Waals surface area contributed by atoms with Crippen LogP contribution in [-0.4, -0.2) is 11.9 Å². The topological polar surface area (TPSA) is 55.1 Å². The van der Waals surface area contributed by atoms with Gasteiger partial charge in [0.15, 0.2) is 0 Å². The minimum atomic E-state index is -0.312. The molecule has 3 nitrogen and oxygen atoms in total. The zero-order valence-electron chi connectivity index (χ0n) is 8.88. The molecular weight excluding hydrogens is 212 g/mol. The van der Waals surface area contributed by atoms with Crippen LogP contribution in [0.1, 0.15) is 18.9 Å². The van der Waals surface area contributed by atoms with Gasteiger partial charge in [0.05, 0.1) is 0 Å². The van der Waals surface area contributed by atoms with Crippen LogP contribution < -0.4 is 11.1 Å². The minimum absolute atomic E-state index is 0.0151. The summed E-state index contributed by atoms with van der Waals surface area (Å²) in [6.45, 7) is 3.84. The SMILES string of the molecule is Cc1ccc(NC(C)CC(N)=O)cc1Cl. The summed E-state index contributed by atoms with van der Waals surface area (Å²) in [5.41, 5.74) is 7.03. The molecule has 15 heavy (non-hydrogen) atoms. The average Bonchev–Trinajstić information content (AvgIpc) is 2.10. The van der Waals surface area contributed by atoms with Crippen molar-refractivity contribution in [2.75, 3.05) is 5.32 Å². The van der Waals surface area contributed by atoms with E-state index in [0.717, 1.165) is 11.3 Å². The Bertz CT molecular complexity index is 366. The van der Waals surface area contributed by atoms with Gasteiger partial charge in [0.25, 0.3) is 0 Å². The number of hydrogen-bond donors (Lipinski definition) is 2.